The fourth-order valence-electron chi connectivity index (χ4n) is 5.14. The predicted molar refractivity (Wildman–Crippen MR) is 119 cm³/mol. The second kappa shape index (κ2) is 7.29. The molecule has 0 unspecified atom stereocenters. The molecule has 0 aromatic heterocycles. The Bertz CT molecular complexity index is 1070. The highest BCUT2D eigenvalue weighted by atomic mass is 16.5. The van der Waals surface area contributed by atoms with Gasteiger partial charge in [0.15, 0.2) is 11.5 Å². The number of rotatable bonds is 2. The summed E-state index contributed by atoms with van der Waals surface area (Å²) < 4.78 is 12.4. The van der Waals surface area contributed by atoms with E-state index in [-0.39, 0.29) is 11.9 Å². The Balaban J connectivity index is 1.60. The van der Waals surface area contributed by atoms with Crippen LogP contribution >= 0.6 is 0 Å². The van der Waals surface area contributed by atoms with E-state index in [0.717, 1.165) is 29.2 Å². The van der Waals surface area contributed by atoms with Gasteiger partial charge < -0.3 is 14.4 Å². The Morgan fingerprint density at radius 1 is 1.19 bits per heavy atom. The summed E-state index contributed by atoms with van der Waals surface area (Å²) in [5.41, 5.74) is 5.31. The number of methoxy groups -OCH3 is 1. The van der Waals surface area contributed by atoms with Crippen LogP contribution in [0.2, 0.25) is 0 Å². The SMILES string of the molecule is COc1cccc2c1OC1(CCN(C(C)=O)CC1)N1N=C(c3cc(C)ccc3C)C[C@H]21. The first-order chi connectivity index (χ1) is 14.9. The fraction of sp³-hybridized carbons (Fsp3) is 0.440. The van der Waals surface area contributed by atoms with Crippen molar-refractivity contribution in [2.24, 2.45) is 5.10 Å². The molecule has 162 valence electrons. The lowest BCUT2D eigenvalue weighted by Gasteiger charge is -2.51. The summed E-state index contributed by atoms with van der Waals surface area (Å²) >= 11 is 0. The van der Waals surface area contributed by atoms with Crippen LogP contribution in [0.25, 0.3) is 0 Å². The number of hydrazone groups is 1. The van der Waals surface area contributed by atoms with Gasteiger partial charge in [-0.3, -0.25) is 4.79 Å². The molecular weight excluding hydrogens is 390 g/mol. The van der Waals surface area contributed by atoms with Gasteiger partial charge in [0.2, 0.25) is 11.6 Å². The normalized spacial score (nSPS) is 21.3. The molecule has 6 nitrogen and oxygen atoms in total. The van der Waals surface area contributed by atoms with Crippen LogP contribution in [0, 0.1) is 13.8 Å². The van der Waals surface area contributed by atoms with Crippen molar-refractivity contribution in [2.45, 2.75) is 51.8 Å². The van der Waals surface area contributed by atoms with Crippen LogP contribution in [0.3, 0.4) is 0 Å². The van der Waals surface area contributed by atoms with E-state index < -0.39 is 5.72 Å². The molecule has 3 aliphatic rings. The minimum atomic E-state index is -0.572. The molecule has 31 heavy (non-hydrogen) atoms. The Morgan fingerprint density at radius 3 is 2.68 bits per heavy atom. The van der Waals surface area contributed by atoms with Gasteiger partial charge in [0, 0.05) is 50.4 Å². The van der Waals surface area contributed by atoms with Crippen molar-refractivity contribution in [1.82, 2.24) is 9.91 Å². The van der Waals surface area contributed by atoms with Gasteiger partial charge in [-0.1, -0.05) is 29.8 Å². The summed E-state index contributed by atoms with van der Waals surface area (Å²) in [4.78, 5) is 13.8. The molecule has 2 aromatic rings. The maximum Gasteiger partial charge on any atom is 0.219 e. The number of hydrogen-bond donors (Lipinski definition) is 0. The van der Waals surface area contributed by atoms with Gasteiger partial charge in [-0.05, 0) is 31.5 Å². The number of nitrogens with zero attached hydrogens (tertiary/aromatic N) is 3. The minimum absolute atomic E-state index is 0.0950. The third kappa shape index (κ3) is 3.16. The van der Waals surface area contributed by atoms with Crippen molar-refractivity contribution in [3.63, 3.8) is 0 Å². The Kier molecular flexibility index (Phi) is 4.68. The second-order valence-electron chi connectivity index (χ2n) is 8.86. The molecule has 6 heteroatoms. The van der Waals surface area contributed by atoms with Gasteiger partial charge in [0.05, 0.1) is 18.9 Å². The zero-order valence-electron chi connectivity index (χ0n) is 18.6. The van der Waals surface area contributed by atoms with Gasteiger partial charge in [-0.15, -0.1) is 0 Å². The summed E-state index contributed by atoms with van der Waals surface area (Å²) in [6.45, 7) is 7.22. The number of carbonyl (C=O) groups is 1. The summed E-state index contributed by atoms with van der Waals surface area (Å²) in [6, 6.07) is 12.7. The van der Waals surface area contributed by atoms with Crippen LogP contribution in [-0.4, -0.2) is 47.5 Å². The molecular formula is C25H29N3O3. The van der Waals surface area contributed by atoms with E-state index >= 15 is 0 Å². The van der Waals surface area contributed by atoms with Gasteiger partial charge in [0.25, 0.3) is 0 Å². The van der Waals surface area contributed by atoms with Gasteiger partial charge >= 0.3 is 0 Å². The van der Waals surface area contributed by atoms with E-state index in [0.29, 0.717) is 25.9 Å². The highest BCUT2D eigenvalue weighted by Crippen LogP contribution is 2.52. The molecule has 3 aliphatic heterocycles. The van der Waals surface area contributed by atoms with Gasteiger partial charge in [-0.2, -0.15) is 5.10 Å². The first-order valence-corrected chi connectivity index (χ1v) is 11.0. The van der Waals surface area contributed by atoms with Crippen molar-refractivity contribution in [3.05, 3.63) is 58.7 Å². The molecule has 0 saturated carbocycles. The van der Waals surface area contributed by atoms with Crippen molar-refractivity contribution >= 4 is 11.6 Å². The fourth-order valence-corrected chi connectivity index (χ4v) is 5.14. The molecule has 0 aliphatic carbocycles. The Labute approximate surface area is 183 Å². The predicted octanol–water partition coefficient (Wildman–Crippen LogP) is 4.19. The highest BCUT2D eigenvalue weighted by Gasteiger charge is 2.52. The zero-order chi connectivity index (χ0) is 21.8. The number of piperidine rings is 1. The number of aryl methyl sites for hydroxylation is 2. The molecule has 5 rings (SSSR count). The number of amides is 1. The molecule has 0 bridgehead atoms. The first kappa shape index (κ1) is 19.9. The van der Waals surface area contributed by atoms with E-state index in [2.05, 4.69) is 43.1 Å². The van der Waals surface area contributed by atoms with Crippen molar-refractivity contribution < 1.29 is 14.3 Å². The lowest BCUT2D eigenvalue weighted by atomic mass is 9.89. The smallest absolute Gasteiger partial charge is 0.219 e. The Morgan fingerprint density at radius 2 is 1.97 bits per heavy atom. The first-order valence-electron chi connectivity index (χ1n) is 11.0. The van der Waals surface area contributed by atoms with Crippen molar-refractivity contribution in [2.75, 3.05) is 20.2 Å². The summed E-state index contributed by atoms with van der Waals surface area (Å²) in [6.07, 6.45) is 2.25. The number of hydrogen-bond acceptors (Lipinski definition) is 5. The summed E-state index contributed by atoms with van der Waals surface area (Å²) in [5.74, 6) is 1.69. The maximum absolute atomic E-state index is 11.9. The Hall–Kier alpha value is -3.02. The topological polar surface area (TPSA) is 54.4 Å². The van der Waals surface area contributed by atoms with Crippen LogP contribution in [0.4, 0.5) is 0 Å². The summed E-state index contributed by atoms with van der Waals surface area (Å²) in [7, 11) is 1.68. The monoisotopic (exact) mass is 419 g/mol. The second-order valence-corrected chi connectivity index (χ2v) is 8.86. The summed E-state index contributed by atoms with van der Waals surface area (Å²) in [5, 5.41) is 7.35. The van der Waals surface area contributed by atoms with E-state index in [1.165, 1.54) is 16.7 Å². The average Bonchev–Trinajstić information content (AvgIpc) is 3.22. The van der Waals surface area contributed by atoms with Crippen LogP contribution in [-0.2, 0) is 4.79 Å². The molecule has 1 saturated heterocycles. The average molecular weight is 420 g/mol. The van der Waals surface area contributed by atoms with E-state index in [4.69, 9.17) is 14.6 Å². The maximum atomic E-state index is 11.9. The van der Waals surface area contributed by atoms with Gasteiger partial charge in [0.1, 0.15) is 0 Å². The number of para-hydroxylation sites is 1. The molecule has 2 aromatic carbocycles. The van der Waals surface area contributed by atoms with Crippen LogP contribution < -0.4 is 9.47 Å². The van der Waals surface area contributed by atoms with Crippen LogP contribution in [0.1, 0.15) is 54.5 Å². The molecule has 1 atom stereocenters. The number of fused-ring (bicyclic) bond motifs is 4. The van der Waals surface area contributed by atoms with Crippen molar-refractivity contribution in [3.8, 4) is 11.5 Å². The van der Waals surface area contributed by atoms with Crippen LogP contribution in [0.5, 0.6) is 11.5 Å². The molecule has 0 radical (unpaired) electrons. The molecule has 1 spiro atoms. The molecule has 1 amide bonds. The van der Waals surface area contributed by atoms with E-state index in [1.807, 2.05) is 17.0 Å². The lowest BCUT2D eigenvalue weighted by molar-refractivity contribution is -0.159. The molecule has 0 N–H and O–H groups in total. The number of carbonyl (C=O) groups excluding carboxylic acids is 1. The molecule has 1 fully saturated rings. The third-order valence-corrected chi connectivity index (χ3v) is 6.90. The number of ether oxygens (including phenoxy) is 2. The zero-order valence-corrected chi connectivity index (χ0v) is 18.6. The van der Waals surface area contributed by atoms with Crippen molar-refractivity contribution in [1.29, 1.82) is 0 Å². The minimum Gasteiger partial charge on any atom is -0.493 e. The third-order valence-electron chi connectivity index (χ3n) is 6.90. The van der Waals surface area contributed by atoms with E-state index in [1.54, 1.807) is 14.0 Å². The largest absolute Gasteiger partial charge is 0.493 e. The van der Waals surface area contributed by atoms with Gasteiger partial charge in [-0.25, -0.2) is 5.01 Å². The lowest BCUT2D eigenvalue weighted by Crippen LogP contribution is -2.59. The number of likely N-dealkylation sites (tertiary alicyclic amines) is 1. The standard InChI is InChI=1S/C25H29N3O3/c1-16-8-9-17(2)20(14-16)21-15-22-19-6-5-7-23(30-4)24(19)31-25(28(22)26-21)10-12-27(13-11-25)18(3)29/h5-9,14,22H,10-13,15H2,1-4H3/t22-/m1/s1. The van der Waals surface area contributed by atoms with E-state index in [9.17, 15) is 4.79 Å². The molecule has 3 heterocycles. The highest BCUT2D eigenvalue weighted by molar-refractivity contribution is 6.03. The van der Waals surface area contributed by atoms with Crippen LogP contribution in [0.15, 0.2) is 41.5 Å². The number of benzene rings is 2. The quantitative estimate of drug-likeness (QED) is 0.732.